The van der Waals surface area contributed by atoms with E-state index < -0.39 is 0 Å². The van der Waals surface area contributed by atoms with Crippen LogP contribution in [0.4, 0.5) is 0 Å². The molecule has 0 aliphatic heterocycles. The van der Waals surface area contributed by atoms with Crippen molar-refractivity contribution >= 4 is 5.97 Å². The Balaban J connectivity index is 2.55. The third-order valence-electron chi connectivity index (χ3n) is 2.81. The molecule has 1 rings (SSSR count). The van der Waals surface area contributed by atoms with Gasteiger partial charge in [-0.15, -0.1) is 0 Å². The molecule has 7 heteroatoms. The SMILES string of the molecule is COCCN(CCC(=O)OC)Cc1noc(C(C)C)n1. The van der Waals surface area contributed by atoms with Gasteiger partial charge in [-0.25, -0.2) is 0 Å². The van der Waals surface area contributed by atoms with Crippen LogP contribution in [0.2, 0.25) is 0 Å². The molecule has 0 atom stereocenters. The Bertz CT molecular complexity index is 406. The van der Waals surface area contributed by atoms with Gasteiger partial charge in [-0.3, -0.25) is 9.69 Å². The summed E-state index contributed by atoms with van der Waals surface area (Å²) in [4.78, 5) is 17.6. The van der Waals surface area contributed by atoms with Gasteiger partial charge in [0.1, 0.15) is 0 Å². The Morgan fingerprint density at radius 1 is 1.35 bits per heavy atom. The topological polar surface area (TPSA) is 77.7 Å². The standard InChI is InChI=1S/C13H23N3O4/c1-10(2)13-14-11(15-20-13)9-16(7-8-18-3)6-5-12(17)19-4/h10H,5-9H2,1-4H3. The first kappa shape index (κ1) is 16.6. The fourth-order valence-corrected chi connectivity index (χ4v) is 1.61. The Kier molecular flexibility index (Phi) is 7.17. The summed E-state index contributed by atoms with van der Waals surface area (Å²) in [5.41, 5.74) is 0. The molecule has 1 heterocycles. The molecule has 1 aromatic rings. The van der Waals surface area contributed by atoms with Gasteiger partial charge in [0.25, 0.3) is 0 Å². The number of nitrogens with zero attached hydrogens (tertiary/aromatic N) is 3. The molecule has 1 aromatic heterocycles. The van der Waals surface area contributed by atoms with Gasteiger partial charge in [0.05, 0.1) is 26.7 Å². The number of methoxy groups -OCH3 is 2. The number of ether oxygens (including phenoxy) is 2. The fraction of sp³-hybridized carbons (Fsp3) is 0.769. The van der Waals surface area contributed by atoms with E-state index in [0.717, 1.165) is 0 Å². The molecule has 20 heavy (non-hydrogen) atoms. The smallest absolute Gasteiger partial charge is 0.306 e. The van der Waals surface area contributed by atoms with E-state index in [9.17, 15) is 4.79 Å². The third-order valence-corrected chi connectivity index (χ3v) is 2.81. The second-order valence-electron chi connectivity index (χ2n) is 4.80. The molecule has 0 aliphatic rings. The van der Waals surface area contributed by atoms with Gasteiger partial charge in [0.15, 0.2) is 5.82 Å². The summed E-state index contributed by atoms with van der Waals surface area (Å²) in [5.74, 6) is 1.22. The maximum absolute atomic E-state index is 11.2. The first-order valence-electron chi connectivity index (χ1n) is 6.67. The zero-order chi connectivity index (χ0) is 15.0. The van der Waals surface area contributed by atoms with Gasteiger partial charge >= 0.3 is 5.97 Å². The Morgan fingerprint density at radius 3 is 2.65 bits per heavy atom. The van der Waals surface area contributed by atoms with Gasteiger partial charge in [0.2, 0.25) is 5.89 Å². The lowest BCUT2D eigenvalue weighted by Gasteiger charge is -2.19. The molecule has 7 nitrogen and oxygen atoms in total. The zero-order valence-corrected chi connectivity index (χ0v) is 12.6. The maximum atomic E-state index is 11.2. The summed E-state index contributed by atoms with van der Waals surface area (Å²) in [6.45, 7) is 6.36. The van der Waals surface area contributed by atoms with E-state index >= 15 is 0 Å². The van der Waals surface area contributed by atoms with E-state index in [1.54, 1.807) is 7.11 Å². The molecule has 0 saturated carbocycles. The van der Waals surface area contributed by atoms with Gasteiger partial charge in [0, 0.05) is 26.1 Å². The van der Waals surface area contributed by atoms with Crippen molar-refractivity contribution in [2.75, 3.05) is 33.9 Å². The first-order valence-corrected chi connectivity index (χ1v) is 6.67. The van der Waals surface area contributed by atoms with E-state index in [1.165, 1.54) is 7.11 Å². The van der Waals surface area contributed by atoms with E-state index in [-0.39, 0.29) is 11.9 Å². The Hall–Kier alpha value is -1.47. The molecular formula is C13H23N3O4. The number of esters is 1. The molecule has 0 aromatic carbocycles. The molecule has 0 fully saturated rings. The van der Waals surface area contributed by atoms with Crippen molar-refractivity contribution in [2.24, 2.45) is 0 Å². The molecular weight excluding hydrogens is 262 g/mol. The molecule has 114 valence electrons. The highest BCUT2D eigenvalue weighted by molar-refractivity contribution is 5.69. The summed E-state index contributed by atoms with van der Waals surface area (Å²) >= 11 is 0. The van der Waals surface area contributed by atoms with Crippen LogP contribution in [0.5, 0.6) is 0 Å². The minimum atomic E-state index is -0.233. The summed E-state index contributed by atoms with van der Waals surface area (Å²) in [6, 6.07) is 0. The van der Waals surface area contributed by atoms with Crippen LogP contribution in [0.25, 0.3) is 0 Å². The number of hydrogen-bond donors (Lipinski definition) is 0. The number of aromatic nitrogens is 2. The molecule has 0 amide bonds. The van der Waals surface area contributed by atoms with Gasteiger partial charge in [-0.2, -0.15) is 4.98 Å². The summed E-state index contributed by atoms with van der Waals surface area (Å²) < 4.78 is 14.9. The van der Waals surface area contributed by atoms with Crippen molar-refractivity contribution in [1.29, 1.82) is 0 Å². The predicted octanol–water partition coefficient (Wildman–Crippen LogP) is 1.20. The predicted molar refractivity (Wildman–Crippen MR) is 72.2 cm³/mol. The highest BCUT2D eigenvalue weighted by atomic mass is 16.5. The van der Waals surface area contributed by atoms with Crippen LogP contribution in [-0.2, 0) is 20.8 Å². The number of carbonyl (C=O) groups is 1. The number of carbonyl (C=O) groups excluding carboxylic acids is 1. The van der Waals surface area contributed by atoms with E-state index in [4.69, 9.17) is 9.26 Å². The minimum absolute atomic E-state index is 0.207. The Morgan fingerprint density at radius 2 is 2.10 bits per heavy atom. The van der Waals surface area contributed by atoms with Gasteiger partial charge in [-0.05, 0) is 0 Å². The van der Waals surface area contributed by atoms with Crippen molar-refractivity contribution < 1.29 is 18.8 Å². The highest BCUT2D eigenvalue weighted by Crippen LogP contribution is 2.12. The quantitative estimate of drug-likeness (QED) is 0.631. The molecule has 0 unspecified atom stereocenters. The van der Waals surface area contributed by atoms with Gasteiger partial charge < -0.3 is 14.0 Å². The average Bonchev–Trinajstić information content (AvgIpc) is 2.90. The van der Waals surface area contributed by atoms with Crippen LogP contribution in [0.15, 0.2) is 4.52 Å². The van der Waals surface area contributed by atoms with Crippen molar-refractivity contribution in [1.82, 2.24) is 15.0 Å². The molecule has 0 radical (unpaired) electrons. The van der Waals surface area contributed by atoms with Crippen molar-refractivity contribution in [2.45, 2.75) is 32.7 Å². The molecule has 0 N–H and O–H groups in total. The van der Waals surface area contributed by atoms with Crippen molar-refractivity contribution in [3.05, 3.63) is 11.7 Å². The van der Waals surface area contributed by atoms with Crippen LogP contribution < -0.4 is 0 Å². The minimum Gasteiger partial charge on any atom is -0.469 e. The number of rotatable bonds is 9. The molecule has 0 aliphatic carbocycles. The molecule has 0 bridgehead atoms. The summed E-state index contributed by atoms with van der Waals surface area (Å²) in [7, 11) is 3.03. The first-order chi connectivity index (χ1) is 9.56. The highest BCUT2D eigenvalue weighted by Gasteiger charge is 2.14. The lowest BCUT2D eigenvalue weighted by Crippen LogP contribution is -2.30. The normalized spacial score (nSPS) is 11.3. The van der Waals surface area contributed by atoms with Crippen LogP contribution in [0, 0.1) is 0 Å². The van der Waals surface area contributed by atoms with Crippen LogP contribution in [-0.4, -0.2) is 54.9 Å². The lowest BCUT2D eigenvalue weighted by atomic mass is 10.2. The zero-order valence-electron chi connectivity index (χ0n) is 12.6. The summed E-state index contributed by atoms with van der Waals surface area (Å²) in [6.07, 6.45) is 0.328. The molecule has 0 saturated heterocycles. The number of hydrogen-bond acceptors (Lipinski definition) is 7. The average molecular weight is 285 g/mol. The second-order valence-corrected chi connectivity index (χ2v) is 4.80. The molecule has 0 spiro atoms. The summed E-state index contributed by atoms with van der Waals surface area (Å²) in [5, 5.41) is 3.95. The second kappa shape index (κ2) is 8.65. The van der Waals surface area contributed by atoms with Crippen LogP contribution in [0.1, 0.15) is 37.9 Å². The van der Waals surface area contributed by atoms with Crippen LogP contribution >= 0.6 is 0 Å². The van der Waals surface area contributed by atoms with Crippen molar-refractivity contribution in [3.63, 3.8) is 0 Å². The Labute approximate surface area is 119 Å². The van der Waals surface area contributed by atoms with E-state index in [2.05, 4.69) is 14.9 Å². The fourth-order valence-electron chi connectivity index (χ4n) is 1.61. The lowest BCUT2D eigenvalue weighted by molar-refractivity contribution is -0.141. The third kappa shape index (κ3) is 5.66. The van der Waals surface area contributed by atoms with Crippen LogP contribution in [0.3, 0.4) is 0 Å². The maximum Gasteiger partial charge on any atom is 0.306 e. The van der Waals surface area contributed by atoms with E-state index in [1.807, 2.05) is 18.7 Å². The van der Waals surface area contributed by atoms with Gasteiger partial charge in [-0.1, -0.05) is 19.0 Å². The largest absolute Gasteiger partial charge is 0.469 e. The van der Waals surface area contributed by atoms with Crippen molar-refractivity contribution in [3.8, 4) is 0 Å². The monoisotopic (exact) mass is 285 g/mol. The van der Waals surface area contributed by atoms with E-state index in [0.29, 0.717) is 44.4 Å².